The minimum absolute atomic E-state index is 0.365. The van der Waals surface area contributed by atoms with E-state index in [1.54, 1.807) is 0 Å². The highest BCUT2D eigenvalue weighted by Gasteiger charge is 2.13. The molecule has 3 heteroatoms. The lowest BCUT2D eigenvalue weighted by atomic mass is 10.3. The molecule has 0 saturated carbocycles. The van der Waals surface area contributed by atoms with Gasteiger partial charge in [-0.05, 0) is 0 Å². The van der Waals surface area contributed by atoms with Crippen molar-refractivity contribution in [1.29, 1.82) is 0 Å². The second-order valence-electron chi connectivity index (χ2n) is 2.53. The van der Waals surface area contributed by atoms with Crippen LogP contribution >= 0.6 is 0 Å². The van der Waals surface area contributed by atoms with Crippen molar-refractivity contribution in [3.63, 3.8) is 0 Å². The standard InChI is InChI=1S/C9H11NO2/c1-2-3-9(8-11)10-4-6-12-7-5-10/h1H,3-7H2. The summed E-state index contributed by atoms with van der Waals surface area (Å²) in [5, 5.41) is 0. The van der Waals surface area contributed by atoms with Crippen LogP contribution in [0.5, 0.6) is 0 Å². The van der Waals surface area contributed by atoms with Gasteiger partial charge in [0.15, 0.2) is 0 Å². The summed E-state index contributed by atoms with van der Waals surface area (Å²) >= 11 is 0. The number of rotatable bonds is 2. The Hall–Kier alpha value is -1.23. The summed E-state index contributed by atoms with van der Waals surface area (Å²) in [7, 11) is 0. The predicted octanol–water partition coefficient (Wildman–Crippen LogP) is 0.0574. The molecule has 1 rings (SSSR count). The van der Waals surface area contributed by atoms with E-state index < -0.39 is 0 Å². The quantitative estimate of drug-likeness (QED) is 0.428. The second-order valence-corrected chi connectivity index (χ2v) is 2.53. The predicted molar refractivity (Wildman–Crippen MR) is 45.0 cm³/mol. The monoisotopic (exact) mass is 165 g/mol. The maximum absolute atomic E-state index is 10.5. The van der Waals surface area contributed by atoms with Crippen LogP contribution in [0.15, 0.2) is 5.70 Å². The molecule has 0 unspecified atom stereocenters. The molecule has 0 spiro atoms. The van der Waals surface area contributed by atoms with Gasteiger partial charge in [0.05, 0.1) is 19.6 Å². The van der Waals surface area contributed by atoms with Gasteiger partial charge in [0, 0.05) is 13.1 Å². The van der Waals surface area contributed by atoms with Crippen molar-refractivity contribution >= 4 is 5.94 Å². The van der Waals surface area contributed by atoms with Gasteiger partial charge in [-0.2, -0.15) is 0 Å². The fourth-order valence-electron chi connectivity index (χ4n) is 1.14. The van der Waals surface area contributed by atoms with Crippen molar-refractivity contribution in [1.82, 2.24) is 4.90 Å². The van der Waals surface area contributed by atoms with E-state index in [1.807, 2.05) is 10.8 Å². The van der Waals surface area contributed by atoms with E-state index in [-0.39, 0.29) is 0 Å². The highest BCUT2D eigenvalue weighted by atomic mass is 16.5. The highest BCUT2D eigenvalue weighted by molar-refractivity contribution is 5.52. The Kier molecular flexibility index (Phi) is 3.40. The average Bonchev–Trinajstić information content (AvgIpc) is 2.15. The van der Waals surface area contributed by atoms with Crippen LogP contribution in [0.2, 0.25) is 0 Å². The first kappa shape index (κ1) is 8.86. The Bertz CT molecular complexity index is 229. The van der Waals surface area contributed by atoms with Gasteiger partial charge >= 0.3 is 0 Å². The van der Waals surface area contributed by atoms with Gasteiger partial charge in [-0.3, -0.25) is 0 Å². The largest absolute Gasteiger partial charge is 0.378 e. The van der Waals surface area contributed by atoms with Gasteiger partial charge in [0.2, 0.25) is 0 Å². The summed E-state index contributed by atoms with van der Waals surface area (Å²) in [5.74, 6) is 4.30. The Morgan fingerprint density at radius 3 is 2.67 bits per heavy atom. The van der Waals surface area contributed by atoms with Crippen molar-refractivity contribution < 1.29 is 9.53 Å². The maximum Gasteiger partial charge on any atom is 0.146 e. The van der Waals surface area contributed by atoms with Crippen molar-refractivity contribution in [3.8, 4) is 12.3 Å². The van der Waals surface area contributed by atoms with Crippen LogP contribution in [0, 0.1) is 12.3 Å². The van der Waals surface area contributed by atoms with E-state index in [0.717, 1.165) is 13.1 Å². The fourth-order valence-corrected chi connectivity index (χ4v) is 1.14. The number of nitrogens with zero attached hydrogens (tertiary/aromatic N) is 1. The minimum atomic E-state index is 0.365. The molecule has 0 N–H and O–H groups in total. The van der Waals surface area contributed by atoms with Gasteiger partial charge in [-0.1, -0.05) is 5.92 Å². The zero-order valence-corrected chi connectivity index (χ0v) is 6.88. The molecule has 12 heavy (non-hydrogen) atoms. The molecule has 1 aliphatic rings. The van der Waals surface area contributed by atoms with Crippen LogP contribution < -0.4 is 0 Å². The highest BCUT2D eigenvalue weighted by Crippen LogP contribution is 2.07. The maximum atomic E-state index is 10.5. The van der Waals surface area contributed by atoms with Crippen LogP contribution in [0.1, 0.15) is 6.42 Å². The molecule has 1 aliphatic heterocycles. The number of ether oxygens (including phenoxy) is 1. The van der Waals surface area contributed by atoms with Crippen LogP contribution in [-0.4, -0.2) is 37.1 Å². The SMILES string of the molecule is C#CCC(=C=O)N1CCOCC1. The lowest BCUT2D eigenvalue weighted by molar-refractivity contribution is 0.0536. The number of carbonyl (C=O) groups excluding carboxylic acids is 1. The molecular weight excluding hydrogens is 154 g/mol. The molecule has 0 atom stereocenters. The van der Waals surface area contributed by atoms with Crippen molar-refractivity contribution in [3.05, 3.63) is 5.70 Å². The van der Waals surface area contributed by atoms with Crippen molar-refractivity contribution in [2.75, 3.05) is 26.3 Å². The average molecular weight is 165 g/mol. The third-order valence-electron chi connectivity index (χ3n) is 1.78. The van der Waals surface area contributed by atoms with Gasteiger partial charge < -0.3 is 9.64 Å². The van der Waals surface area contributed by atoms with E-state index >= 15 is 0 Å². The molecule has 1 fully saturated rings. The van der Waals surface area contributed by atoms with E-state index in [2.05, 4.69) is 5.92 Å². The first-order valence-electron chi connectivity index (χ1n) is 3.88. The Morgan fingerprint density at radius 1 is 1.50 bits per heavy atom. The molecule has 3 nitrogen and oxygen atoms in total. The summed E-state index contributed by atoms with van der Waals surface area (Å²) in [4.78, 5) is 12.4. The number of hydrogen-bond acceptors (Lipinski definition) is 3. The van der Waals surface area contributed by atoms with Gasteiger partial charge in [-0.25, -0.2) is 4.79 Å². The number of terminal acetylenes is 1. The lowest BCUT2D eigenvalue weighted by Crippen LogP contribution is -2.35. The normalized spacial score (nSPS) is 16.4. The number of allylic oxidation sites excluding steroid dienone is 1. The Balaban J connectivity index is 2.54. The molecule has 0 amide bonds. The summed E-state index contributed by atoms with van der Waals surface area (Å²) in [6.07, 6.45) is 5.47. The smallest absolute Gasteiger partial charge is 0.146 e. The van der Waals surface area contributed by atoms with Gasteiger partial charge in [0.1, 0.15) is 11.6 Å². The van der Waals surface area contributed by atoms with Crippen molar-refractivity contribution in [2.45, 2.75) is 6.42 Å². The molecule has 0 radical (unpaired) electrons. The number of hydrogen-bond donors (Lipinski definition) is 0. The first-order chi connectivity index (χ1) is 5.88. The van der Waals surface area contributed by atoms with E-state index in [0.29, 0.717) is 25.3 Å². The second kappa shape index (κ2) is 4.61. The minimum Gasteiger partial charge on any atom is -0.378 e. The Labute approximate surface area is 72.0 Å². The molecule has 1 heterocycles. The molecule has 0 aliphatic carbocycles. The van der Waals surface area contributed by atoms with E-state index in [9.17, 15) is 4.79 Å². The third-order valence-corrected chi connectivity index (χ3v) is 1.78. The van der Waals surface area contributed by atoms with E-state index in [4.69, 9.17) is 11.2 Å². The molecule has 0 bridgehead atoms. The topological polar surface area (TPSA) is 29.5 Å². The molecule has 0 aromatic rings. The summed E-state index contributed by atoms with van der Waals surface area (Å²) in [6.45, 7) is 2.81. The zero-order valence-electron chi connectivity index (χ0n) is 6.88. The van der Waals surface area contributed by atoms with Crippen LogP contribution in [0.4, 0.5) is 0 Å². The van der Waals surface area contributed by atoms with Crippen LogP contribution in [0.3, 0.4) is 0 Å². The Morgan fingerprint density at radius 2 is 2.17 bits per heavy atom. The van der Waals surface area contributed by atoms with Crippen molar-refractivity contribution in [2.24, 2.45) is 0 Å². The summed E-state index contributed by atoms with van der Waals surface area (Å²) < 4.78 is 5.14. The molecule has 64 valence electrons. The van der Waals surface area contributed by atoms with Gasteiger partial charge in [-0.15, -0.1) is 6.42 Å². The summed E-state index contributed by atoms with van der Waals surface area (Å²) in [6, 6.07) is 0. The van der Waals surface area contributed by atoms with Crippen LogP contribution in [0.25, 0.3) is 0 Å². The first-order valence-corrected chi connectivity index (χ1v) is 3.88. The van der Waals surface area contributed by atoms with Gasteiger partial charge in [0.25, 0.3) is 0 Å². The summed E-state index contributed by atoms with van der Waals surface area (Å²) in [5.41, 5.74) is 0.570. The fraction of sp³-hybridized carbons (Fsp3) is 0.556. The molecule has 0 aromatic carbocycles. The third kappa shape index (κ3) is 2.13. The van der Waals surface area contributed by atoms with Crippen LogP contribution in [-0.2, 0) is 9.53 Å². The zero-order chi connectivity index (χ0) is 8.81. The molecule has 1 saturated heterocycles. The number of morpholine rings is 1. The van der Waals surface area contributed by atoms with E-state index in [1.165, 1.54) is 0 Å². The molecular formula is C9H11NO2. The molecule has 0 aromatic heterocycles. The lowest BCUT2D eigenvalue weighted by Gasteiger charge is -2.28.